The first-order valence-electron chi connectivity index (χ1n) is 2.30. The van der Waals surface area contributed by atoms with Gasteiger partial charge in [-0.05, 0) is 17.7 Å². The van der Waals surface area contributed by atoms with E-state index in [1.165, 1.54) is 0 Å². The van der Waals surface area contributed by atoms with E-state index in [0.717, 1.165) is 5.57 Å². The Morgan fingerprint density at radius 2 is 1.88 bits per heavy atom. The van der Waals surface area contributed by atoms with Crippen molar-refractivity contribution in [2.24, 2.45) is 0 Å². The predicted octanol–water partition coefficient (Wildman–Crippen LogP) is 2.41. The van der Waals surface area contributed by atoms with Crippen LogP contribution in [0.5, 0.6) is 0 Å². The van der Waals surface area contributed by atoms with E-state index in [-0.39, 0.29) is 0 Å². The van der Waals surface area contributed by atoms with Gasteiger partial charge in [0, 0.05) is 0 Å². The number of allylic oxidation sites excluding steroid dienone is 3. The van der Waals surface area contributed by atoms with Crippen LogP contribution in [0.25, 0.3) is 0 Å². The highest BCUT2D eigenvalue weighted by atomic mass is 31.1. The summed E-state index contributed by atoms with van der Waals surface area (Å²) in [5.41, 5.74) is 0.916. The summed E-state index contributed by atoms with van der Waals surface area (Å²) in [7, 11) is -1.19. The molecule has 0 radical (unpaired) electrons. The van der Waals surface area contributed by atoms with Gasteiger partial charge in [0.2, 0.25) is 0 Å². The minimum Gasteiger partial charge on any atom is -0.0915 e. The lowest BCUT2D eigenvalue weighted by molar-refractivity contribution is 0.597. The Labute approximate surface area is 49.2 Å². The van der Waals surface area contributed by atoms with Gasteiger partial charge in [-0.3, -0.25) is 0 Å². The minimum absolute atomic E-state index is 0.916. The molecule has 0 amide bonds. The number of rotatable bonds is 0. The molecule has 1 aliphatic rings. The van der Waals surface area contributed by atoms with E-state index >= 15 is 0 Å². The molecule has 0 saturated heterocycles. The zero-order valence-corrected chi connectivity index (χ0v) is 5.27. The lowest BCUT2D eigenvalue weighted by Crippen LogP contribution is -1.67. The quantitative estimate of drug-likeness (QED) is 0.454. The van der Waals surface area contributed by atoms with Crippen LogP contribution in [-0.4, -0.2) is 0 Å². The fourth-order valence-corrected chi connectivity index (χ4v) is 1.22. The molecule has 0 saturated carbocycles. The molecule has 0 aromatic carbocycles. The molecule has 8 heavy (non-hydrogen) atoms. The van der Waals surface area contributed by atoms with Crippen LogP contribution in [0, 0.1) is 0 Å². The molecular weight excluding hydrogens is 119 g/mol. The first kappa shape index (κ1) is 5.46. The van der Waals surface area contributed by atoms with Crippen molar-refractivity contribution in [3.8, 4) is 0 Å². The maximum atomic E-state index is 10.5. The zero-order valence-electron chi connectivity index (χ0n) is 4.37. The molecular formula is C6H6OP+. The highest BCUT2D eigenvalue weighted by Crippen LogP contribution is 2.28. The third kappa shape index (κ3) is 1.14. The molecule has 1 heterocycles. The molecule has 1 nitrogen and oxygen atoms in total. The Kier molecular flexibility index (Phi) is 1.40. The molecule has 2 heteroatoms. The van der Waals surface area contributed by atoms with E-state index in [1.807, 2.05) is 0 Å². The van der Waals surface area contributed by atoms with Gasteiger partial charge in [0.25, 0.3) is 0 Å². The van der Waals surface area contributed by atoms with Gasteiger partial charge >= 0.3 is 7.80 Å². The molecule has 0 aliphatic carbocycles. The topological polar surface area (TPSA) is 17.1 Å². The molecule has 0 N–H and O–H groups in total. The van der Waals surface area contributed by atoms with Crippen molar-refractivity contribution in [2.45, 2.75) is 0 Å². The monoisotopic (exact) mass is 125 g/mol. The van der Waals surface area contributed by atoms with Crippen LogP contribution in [0.15, 0.2) is 35.9 Å². The van der Waals surface area contributed by atoms with Gasteiger partial charge in [-0.15, -0.1) is 0 Å². The van der Waals surface area contributed by atoms with Crippen LogP contribution in [0.2, 0.25) is 0 Å². The molecule has 0 aromatic rings. The van der Waals surface area contributed by atoms with E-state index < -0.39 is 7.80 Å². The molecule has 1 rings (SSSR count). The van der Waals surface area contributed by atoms with Gasteiger partial charge in [0.05, 0.1) is 0 Å². The Bertz CT molecular complexity index is 151. The summed E-state index contributed by atoms with van der Waals surface area (Å²) in [5.74, 6) is 3.30. The van der Waals surface area contributed by atoms with Crippen LogP contribution in [-0.2, 0) is 4.57 Å². The van der Waals surface area contributed by atoms with Gasteiger partial charge in [-0.25, -0.2) is 0 Å². The lowest BCUT2D eigenvalue weighted by Gasteiger charge is -1.83. The van der Waals surface area contributed by atoms with Gasteiger partial charge < -0.3 is 0 Å². The molecule has 0 bridgehead atoms. The maximum Gasteiger partial charge on any atom is 0.400 e. The van der Waals surface area contributed by atoms with Crippen molar-refractivity contribution in [3.63, 3.8) is 0 Å². The molecule has 0 atom stereocenters. The Balaban J connectivity index is 2.83. The average molecular weight is 125 g/mol. The second kappa shape index (κ2) is 2.06. The molecule has 40 valence electrons. The van der Waals surface area contributed by atoms with Gasteiger partial charge in [0.15, 0.2) is 11.6 Å². The lowest BCUT2D eigenvalue weighted by atomic mass is 10.3. The van der Waals surface area contributed by atoms with Crippen molar-refractivity contribution in [1.82, 2.24) is 0 Å². The summed E-state index contributed by atoms with van der Waals surface area (Å²) in [6, 6.07) is 0. The number of hydrogen-bond acceptors (Lipinski definition) is 1. The fourth-order valence-electron chi connectivity index (χ4n) is 0.444. The van der Waals surface area contributed by atoms with Crippen molar-refractivity contribution in [1.29, 1.82) is 0 Å². The average Bonchev–Trinajstić information content (AvgIpc) is 1.77. The normalized spacial score (nSPS) is 17.5. The van der Waals surface area contributed by atoms with Crippen LogP contribution in [0.1, 0.15) is 0 Å². The summed E-state index contributed by atoms with van der Waals surface area (Å²) in [5, 5.41) is 0. The first-order chi connectivity index (χ1) is 3.79. The summed E-state index contributed by atoms with van der Waals surface area (Å²) >= 11 is 0. The van der Waals surface area contributed by atoms with Gasteiger partial charge in [0.1, 0.15) is 0 Å². The Hall–Kier alpha value is -0.680. The van der Waals surface area contributed by atoms with E-state index in [9.17, 15) is 4.57 Å². The number of hydrogen-bond donors (Lipinski definition) is 0. The third-order valence-electron chi connectivity index (χ3n) is 0.871. The van der Waals surface area contributed by atoms with Crippen molar-refractivity contribution < 1.29 is 4.57 Å². The van der Waals surface area contributed by atoms with Crippen LogP contribution in [0.4, 0.5) is 0 Å². The smallest absolute Gasteiger partial charge is 0.0915 e. The van der Waals surface area contributed by atoms with E-state index in [4.69, 9.17) is 0 Å². The molecule has 1 aliphatic heterocycles. The summed E-state index contributed by atoms with van der Waals surface area (Å²) < 4.78 is 10.5. The molecule has 0 spiro atoms. The Morgan fingerprint density at radius 1 is 1.38 bits per heavy atom. The molecule has 0 aromatic heterocycles. The van der Waals surface area contributed by atoms with Crippen LogP contribution < -0.4 is 0 Å². The highest BCUT2D eigenvalue weighted by Gasteiger charge is 2.07. The molecule has 0 unspecified atom stereocenters. The summed E-state index contributed by atoms with van der Waals surface area (Å²) in [6.07, 6.45) is 3.53. The second-order valence-electron chi connectivity index (χ2n) is 1.57. The largest absolute Gasteiger partial charge is 0.400 e. The first-order valence-corrected chi connectivity index (χ1v) is 3.69. The van der Waals surface area contributed by atoms with E-state index in [1.54, 1.807) is 23.8 Å². The maximum absolute atomic E-state index is 10.5. The van der Waals surface area contributed by atoms with Gasteiger partial charge in [-0.2, -0.15) is 0 Å². The van der Waals surface area contributed by atoms with Crippen molar-refractivity contribution in [2.75, 3.05) is 0 Å². The second-order valence-corrected chi connectivity index (χ2v) is 2.88. The third-order valence-corrected chi connectivity index (χ3v) is 1.76. The van der Waals surface area contributed by atoms with Crippen LogP contribution in [0.3, 0.4) is 0 Å². The fraction of sp³-hybridized carbons (Fsp3) is 0. The van der Waals surface area contributed by atoms with E-state index in [2.05, 4.69) is 6.58 Å². The summed E-state index contributed by atoms with van der Waals surface area (Å²) in [4.78, 5) is 0. The Morgan fingerprint density at radius 3 is 2.25 bits per heavy atom. The van der Waals surface area contributed by atoms with Crippen molar-refractivity contribution >= 4 is 7.80 Å². The molecule has 0 fully saturated rings. The standard InChI is InChI=1S/C6H6OP/c1-6-2-4-8(7)5-3-6/h2-5H,1H2/q+1. The SMILES string of the molecule is C=C1C=C[P+](=O)C=C1. The minimum atomic E-state index is -1.19. The predicted molar refractivity (Wildman–Crippen MR) is 35.0 cm³/mol. The van der Waals surface area contributed by atoms with Crippen molar-refractivity contribution in [3.05, 3.63) is 35.9 Å². The zero-order chi connectivity index (χ0) is 5.98. The van der Waals surface area contributed by atoms with Gasteiger partial charge in [-0.1, -0.05) is 11.1 Å². The summed E-state index contributed by atoms with van der Waals surface area (Å²) in [6.45, 7) is 3.65. The van der Waals surface area contributed by atoms with E-state index in [0.29, 0.717) is 0 Å². The highest BCUT2D eigenvalue weighted by molar-refractivity contribution is 7.51. The van der Waals surface area contributed by atoms with Crippen LogP contribution >= 0.6 is 7.80 Å².